The number of likely N-dealkylation sites (tertiary alicyclic amines) is 1. The van der Waals surface area contributed by atoms with Crippen LogP contribution in [0.1, 0.15) is 40.9 Å². The molecule has 0 radical (unpaired) electrons. The second kappa shape index (κ2) is 9.78. The van der Waals surface area contributed by atoms with E-state index in [2.05, 4.69) is 30.5 Å². The van der Waals surface area contributed by atoms with E-state index >= 15 is 0 Å². The van der Waals surface area contributed by atoms with Crippen LogP contribution in [0, 0.1) is 19.8 Å². The van der Waals surface area contributed by atoms with Crippen LogP contribution >= 0.6 is 11.3 Å². The van der Waals surface area contributed by atoms with Gasteiger partial charge in [-0.05, 0) is 45.7 Å². The number of aromatic nitrogens is 2. The van der Waals surface area contributed by atoms with Gasteiger partial charge in [-0.15, -0.1) is 11.3 Å². The molecule has 3 rings (SSSR count). The van der Waals surface area contributed by atoms with Crippen LogP contribution in [0.25, 0.3) is 0 Å². The first-order valence-electron chi connectivity index (χ1n) is 9.86. The average Bonchev–Trinajstić information content (AvgIpc) is 3.30. The van der Waals surface area contributed by atoms with Crippen LogP contribution in [0.3, 0.4) is 0 Å². The summed E-state index contributed by atoms with van der Waals surface area (Å²) in [5.74, 6) is 2.70. The fraction of sp³-hybridized carbons (Fsp3) is 0.632. The van der Waals surface area contributed by atoms with Crippen LogP contribution in [0.15, 0.2) is 14.8 Å². The fourth-order valence-electron chi connectivity index (χ4n) is 3.29. The zero-order chi connectivity index (χ0) is 21.7. The second-order valence-electron chi connectivity index (χ2n) is 7.40. The lowest BCUT2D eigenvalue weighted by molar-refractivity contribution is -0.140. The maximum absolute atomic E-state index is 12.6. The molecule has 166 valence electrons. The maximum Gasteiger partial charge on any atom is 0.434 e. The van der Waals surface area contributed by atoms with Gasteiger partial charge in [-0.1, -0.05) is 0 Å². The Hall–Kier alpha value is -2.14. The summed E-state index contributed by atoms with van der Waals surface area (Å²) in [6.07, 6.45) is -2.32. The van der Waals surface area contributed by atoms with Crippen molar-refractivity contribution >= 4 is 17.3 Å². The predicted octanol–water partition coefficient (Wildman–Crippen LogP) is 3.34. The van der Waals surface area contributed by atoms with E-state index in [1.165, 1.54) is 0 Å². The Balaban J connectivity index is 1.38. The number of alkyl halides is 3. The first-order chi connectivity index (χ1) is 14.2. The fourth-order valence-corrected chi connectivity index (χ4v) is 4.03. The molecular formula is C19H27F3N6OS. The van der Waals surface area contributed by atoms with E-state index in [1.54, 1.807) is 7.05 Å². The number of nitrogens with one attached hydrogen (secondary N) is 2. The normalized spacial score (nSPS) is 16.8. The third-order valence-corrected chi connectivity index (χ3v) is 6.02. The van der Waals surface area contributed by atoms with E-state index in [4.69, 9.17) is 4.42 Å². The summed E-state index contributed by atoms with van der Waals surface area (Å²) in [5.41, 5.74) is 0.0874. The Bertz CT molecular complexity index is 835. The zero-order valence-corrected chi connectivity index (χ0v) is 18.2. The predicted molar refractivity (Wildman–Crippen MR) is 109 cm³/mol. The number of rotatable bonds is 6. The summed E-state index contributed by atoms with van der Waals surface area (Å²) >= 11 is 0.984. The number of halogens is 3. The Morgan fingerprint density at radius 1 is 1.27 bits per heavy atom. The number of aliphatic imine (C=N–C) groups is 1. The molecule has 1 saturated heterocycles. The van der Waals surface area contributed by atoms with Gasteiger partial charge in [-0.2, -0.15) is 13.2 Å². The molecule has 0 aliphatic carbocycles. The number of nitrogens with zero attached hydrogens (tertiary/aromatic N) is 4. The van der Waals surface area contributed by atoms with Crippen molar-refractivity contribution in [3.63, 3.8) is 0 Å². The molecule has 0 spiro atoms. The van der Waals surface area contributed by atoms with Crippen LogP contribution in [0.5, 0.6) is 0 Å². The second-order valence-corrected chi connectivity index (χ2v) is 8.34. The first kappa shape index (κ1) is 22.5. The van der Waals surface area contributed by atoms with Gasteiger partial charge in [-0.25, -0.2) is 9.97 Å². The molecule has 2 N–H and O–H groups in total. The quantitative estimate of drug-likeness (QED) is 0.526. The number of aryl methyl sites for hydroxylation is 2. The minimum Gasteiger partial charge on any atom is -0.444 e. The molecule has 1 aliphatic heterocycles. The Morgan fingerprint density at radius 2 is 2.00 bits per heavy atom. The zero-order valence-electron chi connectivity index (χ0n) is 17.3. The number of hydrogen-bond acceptors (Lipinski definition) is 6. The van der Waals surface area contributed by atoms with Crippen LogP contribution in [0.4, 0.5) is 13.2 Å². The van der Waals surface area contributed by atoms with E-state index in [-0.39, 0.29) is 6.54 Å². The van der Waals surface area contributed by atoms with Crippen molar-refractivity contribution in [1.82, 2.24) is 25.5 Å². The topological polar surface area (TPSA) is 78.6 Å². The van der Waals surface area contributed by atoms with Gasteiger partial charge in [-0.3, -0.25) is 9.89 Å². The SMILES string of the molecule is CN=C(NCc1nc(C(F)(F)F)cs1)NCC1CCN(Cc2nc(C)c(C)o2)CC1. The highest BCUT2D eigenvalue weighted by molar-refractivity contribution is 7.09. The molecule has 2 aromatic rings. The van der Waals surface area contributed by atoms with E-state index < -0.39 is 11.9 Å². The molecule has 3 heterocycles. The van der Waals surface area contributed by atoms with Gasteiger partial charge < -0.3 is 15.1 Å². The lowest BCUT2D eigenvalue weighted by Crippen LogP contribution is -2.42. The van der Waals surface area contributed by atoms with Crippen LogP contribution < -0.4 is 10.6 Å². The van der Waals surface area contributed by atoms with Crippen molar-refractivity contribution in [2.24, 2.45) is 10.9 Å². The molecular weight excluding hydrogens is 417 g/mol. The van der Waals surface area contributed by atoms with E-state index in [0.717, 1.165) is 73.1 Å². The smallest absolute Gasteiger partial charge is 0.434 e. The summed E-state index contributed by atoms with van der Waals surface area (Å²) in [4.78, 5) is 14.5. The van der Waals surface area contributed by atoms with Crippen molar-refractivity contribution in [3.05, 3.63) is 33.4 Å². The molecule has 1 aliphatic rings. The summed E-state index contributed by atoms with van der Waals surface area (Å²) < 4.78 is 43.6. The van der Waals surface area contributed by atoms with Crippen LogP contribution in [0.2, 0.25) is 0 Å². The van der Waals surface area contributed by atoms with Crippen molar-refractivity contribution in [2.75, 3.05) is 26.7 Å². The lowest BCUT2D eigenvalue weighted by atomic mass is 9.97. The highest BCUT2D eigenvalue weighted by Gasteiger charge is 2.33. The van der Waals surface area contributed by atoms with Gasteiger partial charge >= 0.3 is 6.18 Å². The molecule has 7 nitrogen and oxygen atoms in total. The molecule has 1 fully saturated rings. The van der Waals surface area contributed by atoms with E-state index in [1.807, 2.05) is 13.8 Å². The van der Waals surface area contributed by atoms with E-state index in [0.29, 0.717) is 16.9 Å². The van der Waals surface area contributed by atoms with Gasteiger partial charge in [0.05, 0.1) is 18.8 Å². The molecule has 0 bridgehead atoms. The van der Waals surface area contributed by atoms with Crippen LogP contribution in [-0.4, -0.2) is 47.5 Å². The molecule has 11 heteroatoms. The lowest BCUT2D eigenvalue weighted by Gasteiger charge is -2.31. The summed E-state index contributed by atoms with van der Waals surface area (Å²) in [5, 5.41) is 7.69. The molecule has 0 amide bonds. The Kier molecular flexibility index (Phi) is 7.35. The minimum atomic E-state index is -4.41. The molecule has 0 aromatic carbocycles. The van der Waals surface area contributed by atoms with Crippen LogP contribution in [-0.2, 0) is 19.3 Å². The number of piperidine rings is 1. The third-order valence-electron chi connectivity index (χ3n) is 5.17. The molecule has 0 atom stereocenters. The molecule has 0 unspecified atom stereocenters. The van der Waals surface area contributed by atoms with E-state index in [9.17, 15) is 13.2 Å². The number of hydrogen-bond donors (Lipinski definition) is 2. The third kappa shape index (κ3) is 6.18. The average molecular weight is 445 g/mol. The monoisotopic (exact) mass is 444 g/mol. The number of guanidine groups is 1. The highest BCUT2D eigenvalue weighted by Crippen LogP contribution is 2.29. The maximum atomic E-state index is 12.6. The Morgan fingerprint density at radius 3 is 2.57 bits per heavy atom. The van der Waals surface area contributed by atoms with Gasteiger partial charge in [0.2, 0.25) is 5.89 Å². The van der Waals surface area contributed by atoms with Gasteiger partial charge in [0.1, 0.15) is 10.8 Å². The summed E-state index contributed by atoms with van der Waals surface area (Å²) in [7, 11) is 1.64. The highest BCUT2D eigenvalue weighted by atomic mass is 32.1. The molecule has 2 aromatic heterocycles. The number of oxazole rings is 1. The first-order valence-corrected chi connectivity index (χ1v) is 10.7. The molecule has 30 heavy (non-hydrogen) atoms. The Labute approximate surface area is 177 Å². The molecule has 0 saturated carbocycles. The van der Waals surface area contributed by atoms with Gasteiger partial charge in [0.25, 0.3) is 0 Å². The number of thiazole rings is 1. The van der Waals surface area contributed by atoms with Crippen molar-refractivity contribution in [1.29, 1.82) is 0 Å². The standard InChI is InChI=1S/C19H27F3N6OS/c1-12-13(2)29-16(26-12)10-28-6-4-14(5-7-28)8-24-18(23-3)25-9-17-27-15(11-30-17)19(20,21)22/h11,14H,4-10H2,1-3H3,(H2,23,24,25). The largest absolute Gasteiger partial charge is 0.444 e. The van der Waals surface area contributed by atoms with Crippen molar-refractivity contribution in [2.45, 2.75) is 46.0 Å². The summed E-state index contributed by atoms with van der Waals surface area (Å²) in [6, 6.07) is 0. The van der Waals surface area contributed by atoms with Crippen molar-refractivity contribution in [3.8, 4) is 0 Å². The van der Waals surface area contributed by atoms with Gasteiger partial charge in [0.15, 0.2) is 11.7 Å². The minimum absolute atomic E-state index is 0.202. The summed E-state index contributed by atoms with van der Waals surface area (Å²) in [6.45, 7) is 7.51. The van der Waals surface area contributed by atoms with Crippen molar-refractivity contribution < 1.29 is 17.6 Å². The van der Waals surface area contributed by atoms with Gasteiger partial charge in [0, 0.05) is 19.0 Å².